The van der Waals surface area contributed by atoms with E-state index in [9.17, 15) is 4.79 Å². The third-order valence-corrected chi connectivity index (χ3v) is 3.95. The van der Waals surface area contributed by atoms with Gasteiger partial charge >= 0.3 is 0 Å². The number of ether oxygens (including phenoxy) is 1. The first kappa shape index (κ1) is 15.6. The predicted molar refractivity (Wildman–Crippen MR) is 80.6 cm³/mol. The van der Waals surface area contributed by atoms with Crippen LogP contribution in [0.15, 0.2) is 6.33 Å². The van der Waals surface area contributed by atoms with Crippen molar-refractivity contribution in [3.8, 4) is 0 Å². The van der Waals surface area contributed by atoms with Crippen LogP contribution in [0.25, 0.3) is 0 Å². The Morgan fingerprint density at radius 2 is 2.22 bits per heavy atom. The van der Waals surface area contributed by atoms with Crippen LogP contribution in [0.1, 0.15) is 41.5 Å². The van der Waals surface area contributed by atoms with Crippen LogP contribution >= 0.6 is 0 Å². The van der Waals surface area contributed by atoms with E-state index in [1.807, 2.05) is 9.13 Å². The Balaban J connectivity index is 1.64. The highest BCUT2D eigenvalue weighted by Crippen LogP contribution is 2.14. The molecule has 0 saturated heterocycles. The summed E-state index contributed by atoms with van der Waals surface area (Å²) in [6, 6.07) is 0. The van der Waals surface area contributed by atoms with E-state index in [1.54, 1.807) is 13.4 Å². The molecule has 1 aliphatic rings. The number of hydrogen-bond donors (Lipinski definition) is 1. The average Bonchev–Trinajstić information content (AvgIpc) is 3.11. The molecule has 2 aromatic heterocycles. The molecule has 0 unspecified atom stereocenters. The second-order valence-corrected chi connectivity index (χ2v) is 5.52. The first-order valence-electron chi connectivity index (χ1n) is 7.85. The maximum absolute atomic E-state index is 12.4. The molecule has 9 heteroatoms. The molecule has 0 aliphatic carbocycles. The zero-order valence-electron chi connectivity index (χ0n) is 13.2. The molecule has 0 atom stereocenters. The van der Waals surface area contributed by atoms with Crippen molar-refractivity contribution >= 4 is 5.91 Å². The number of nitrogens with zero attached hydrogens (tertiary/aromatic N) is 6. The standard InChI is InChI=1S/C14H21N7O2/c1-23-8-7-20-10-16-17-12(20)9-15-14(22)13-19-18-11-5-3-2-4-6-21(11)13/h10H,2-9H2,1H3,(H,15,22). The van der Waals surface area contributed by atoms with Crippen LogP contribution in [0.4, 0.5) is 0 Å². The molecule has 9 nitrogen and oxygen atoms in total. The van der Waals surface area contributed by atoms with E-state index in [0.29, 0.717) is 31.3 Å². The summed E-state index contributed by atoms with van der Waals surface area (Å²) >= 11 is 0. The summed E-state index contributed by atoms with van der Waals surface area (Å²) < 4.78 is 8.83. The summed E-state index contributed by atoms with van der Waals surface area (Å²) in [4.78, 5) is 12.4. The number of nitrogens with one attached hydrogen (secondary N) is 1. The topological polar surface area (TPSA) is 99.8 Å². The summed E-state index contributed by atoms with van der Waals surface area (Å²) in [6.07, 6.45) is 5.82. The second-order valence-electron chi connectivity index (χ2n) is 5.52. The lowest BCUT2D eigenvalue weighted by Gasteiger charge is -2.08. The number of rotatable bonds is 6. The van der Waals surface area contributed by atoms with Crippen LogP contribution in [0.3, 0.4) is 0 Å². The number of carbonyl (C=O) groups excluding carboxylic acids is 1. The van der Waals surface area contributed by atoms with Gasteiger partial charge in [0.1, 0.15) is 12.2 Å². The minimum absolute atomic E-state index is 0.230. The maximum atomic E-state index is 12.4. The van der Waals surface area contributed by atoms with E-state index < -0.39 is 0 Å². The van der Waals surface area contributed by atoms with Crippen molar-refractivity contribution in [2.24, 2.45) is 0 Å². The van der Waals surface area contributed by atoms with Gasteiger partial charge < -0.3 is 19.2 Å². The van der Waals surface area contributed by atoms with Gasteiger partial charge in [-0.2, -0.15) is 0 Å². The van der Waals surface area contributed by atoms with Crippen LogP contribution in [-0.4, -0.2) is 49.2 Å². The summed E-state index contributed by atoms with van der Waals surface area (Å²) in [5, 5.41) is 18.9. The molecule has 0 aromatic carbocycles. The van der Waals surface area contributed by atoms with E-state index in [4.69, 9.17) is 4.74 Å². The number of methoxy groups -OCH3 is 1. The third-order valence-electron chi connectivity index (χ3n) is 3.95. The van der Waals surface area contributed by atoms with Gasteiger partial charge in [0.05, 0.1) is 13.2 Å². The summed E-state index contributed by atoms with van der Waals surface area (Å²) in [7, 11) is 1.64. The van der Waals surface area contributed by atoms with Gasteiger partial charge in [-0.05, 0) is 12.8 Å². The highest BCUT2D eigenvalue weighted by atomic mass is 16.5. The lowest BCUT2D eigenvalue weighted by atomic mass is 10.2. The molecule has 124 valence electrons. The summed E-state index contributed by atoms with van der Waals surface area (Å²) in [6.45, 7) is 2.31. The number of hydrogen-bond acceptors (Lipinski definition) is 6. The van der Waals surface area contributed by atoms with E-state index in [1.165, 1.54) is 0 Å². The predicted octanol–water partition coefficient (Wildman–Crippen LogP) is 0.172. The average molecular weight is 319 g/mol. The SMILES string of the molecule is COCCn1cnnc1CNC(=O)c1nnc2n1CCCCC2. The van der Waals surface area contributed by atoms with Crippen molar-refractivity contribution in [2.45, 2.75) is 45.3 Å². The third kappa shape index (κ3) is 3.55. The molecule has 0 radical (unpaired) electrons. The molecule has 3 rings (SSSR count). The van der Waals surface area contributed by atoms with Gasteiger partial charge in [-0.3, -0.25) is 4.79 Å². The van der Waals surface area contributed by atoms with Crippen LogP contribution in [0.5, 0.6) is 0 Å². The van der Waals surface area contributed by atoms with Crippen LogP contribution in [-0.2, 0) is 30.8 Å². The zero-order chi connectivity index (χ0) is 16.1. The largest absolute Gasteiger partial charge is 0.383 e. The smallest absolute Gasteiger partial charge is 0.289 e. The van der Waals surface area contributed by atoms with Crippen molar-refractivity contribution < 1.29 is 9.53 Å². The van der Waals surface area contributed by atoms with Gasteiger partial charge in [-0.15, -0.1) is 20.4 Å². The van der Waals surface area contributed by atoms with Crippen molar-refractivity contribution in [1.82, 2.24) is 34.8 Å². The van der Waals surface area contributed by atoms with E-state index in [2.05, 4.69) is 25.7 Å². The molecule has 0 saturated carbocycles. The molecule has 3 heterocycles. The van der Waals surface area contributed by atoms with Gasteiger partial charge in [0, 0.05) is 26.6 Å². The van der Waals surface area contributed by atoms with Crippen molar-refractivity contribution in [2.75, 3.05) is 13.7 Å². The number of aromatic nitrogens is 6. The Morgan fingerprint density at radius 3 is 3.09 bits per heavy atom. The molecular weight excluding hydrogens is 298 g/mol. The molecule has 0 fully saturated rings. The number of carbonyl (C=O) groups is 1. The van der Waals surface area contributed by atoms with Crippen molar-refractivity contribution in [1.29, 1.82) is 0 Å². The Kier molecular flexibility index (Phi) is 4.96. The number of fused-ring (bicyclic) bond motifs is 1. The first-order chi connectivity index (χ1) is 11.3. The Morgan fingerprint density at radius 1 is 1.30 bits per heavy atom. The molecule has 1 N–H and O–H groups in total. The highest BCUT2D eigenvalue weighted by molar-refractivity contribution is 5.90. The monoisotopic (exact) mass is 319 g/mol. The van der Waals surface area contributed by atoms with Crippen LogP contribution < -0.4 is 5.32 Å². The second kappa shape index (κ2) is 7.32. The number of aryl methyl sites for hydroxylation is 1. The molecular formula is C14H21N7O2. The molecule has 23 heavy (non-hydrogen) atoms. The van der Waals surface area contributed by atoms with E-state index >= 15 is 0 Å². The Hall–Kier alpha value is -2.29. The highest BCUT2D eigenvalue weighted by Gasteiger charge is 2.20. The normalized spacial score (nSPS) is 14.3. The maximum Gasteiger partial charge on any atom is 0.289 e. The van der Waals surface area contributed by atoms with Gasteiger partial charge in [-0.25, -0.2) is 0 Å². The molecule has 0 bridgehead atoms. The van der Waals surface area contributed by atoms with Gasteiger partial charge in [0.2, 0.25) is 5.82 Å². The molecule has 1 amide bonds. The quantitative estimate of drug-likeness (QED) is 0.815. The van der Waals surface area contributed by atoms with Crippen molar-refractivity contribution in [3.63, 3.8) is 0 Å². The minimum atomic E-state index is -0.230. The van der Waals surface area contributed by atoms with Crippen LogP contribution in [0.2, 0.25) is 0 Å². The van der Waals surface area contributed by atoms with Crippen LogP contribution in [0, 0.1) is 0 Å². The first-order valence-corrected chi connectivity index (χ1v) is 7.85. The zero-order valence-corrected chi connectivity index (χ0v) is 13.2. The Bertz CT molecular complexity index is 664. The fourth-order valence-electron chi connectivity index (χ4n) is 2.68. The minimum Gasteiger partial charge on any atom is -0.383 e. The van der Waals surface area contributed by atoms with Gasteiger partial charge in [0.15, 0.2) is 5.82 Å². The molecule has 2 aromatic rings. The van der Waals surface area contributed by atoms with E-state index in [0.717, 1.165) is 38.1 Å². The van der Waals surface area contributed by atoms with Crippen molar-refractivity contribution in [3.05, 3.63) is 23.8 Å². The fourth-order valence-corrected chi connectivity index (χ4v) is 2.68. The number of amides is 1. The molecule has 0 spiro atoms. The lowest BCUT2D eigenvalue weighted by Crippen LogP contribution is -2.28. The lowest BCUT2D eigenvalue weighted by molar-refractivity contribution is 0.0933. The van der Waals surface area contributed by atoms with E-state index in [-0.39, 0.29) is 5.91 Å². The van der Waals surface area contributed by atoms with Gasteiger partial charge in [0.25, 0.3) is 5.91 Å². The fraction of sp³-hybridized carbons (Fsp3) is 0.643. The van der Waals surface area contributed by atoms with Gasteiger partial charge in [-0.1, -0.05) is 6.42 Å². The Labute approximate surface area is 134 Å². The summed E-state index contributed by atoms with van der Waals surface area (Å²) in [5.41, 5.74) is 0. The molecule has 1 aliphatic heterocycles. The summed E-state index contributed by atoms with van der Waals surface area (Å²) in [5.74, 6) is 1.73.